The number of hydrogen-bond acceptors (Lipinski definition) is 4. The Morgan fingerprint density at radius 3 is 2.84 bits per heavy atom. The van der Waals surface area contributed by atoms with Crippen molar-refractivity contribution in [2.45, 2.75) is 25.0 Å². The van der Waals surface area contributed by atoms with Crippen molar-refractivity contribution < 1.29 is 9.90 Å². The number of hydrogen-bond donors (Lipinski definition) is 3. The first-order valence-corrected chi connectivity index (χ1v) is 8.52. The zero-order valence-corrected chi connectivity index (χ0v) is 14.1. The van der Waals surface area contributed by atoms with Gasteiger partial charge in [0.05, 0.1) is 28.9 Å². The lowest BCUT2D eigenvalue weighted by atomic mass is 9.75. The van der Waals surface area contributed by atoms with Crippen molar-refractivity contribution in [3.05, 3.63) is 59.0 Å². The molecule has 25 heavy (non-hydrogen) atoms. The van der Waals surface area contributed by atoms with Gasteiger partial charge in [-0.25, -0.2) is 0 Å². The zero-order chi connectivity index (χ0) is 17.4. The largest absolute Gasteiger partial charge is 0.393 e. The van der Waals surface area contributed by atoms with E-state index in [1.165, 1.54) is 6.20 Å². The molecule has 2 aromatic heterocycles. The quantitative estimate of drug-likeness (QED) is 0.670. The number of aliphatic hydroxyl groups excluding tert-OH is 1. The van der Waals surface area contributed by atoms with Gasteiger partial charge in [0, 0.05) is 11.6 Å². The standard InChI is InChI=1S/C18H17ClN4O2/c19-14-9-21-23-17(14)18(25)22-16(11-6-13(24)7-11)12-5-10-3-1-2-4-15(10)20-8-12/h1-5,8-9,11,13,16,24H,6-7H2,(H,21,23)(H,22,25). The highest BCUT2D eigenvalue weighted by Gasteiger charge is 2.36. The number of fused-ring (bicyclic) bond motifs is 1. The van der Waals surface area contributed by atoms with Crippen molar-refractivity contribution >= 4 is 28.4 Å². The van der Waals surface area contributed by atoms with E-state index in [2.05, 4.69) is 20.5 Å². The minimum absolute atomic E-state index is 0.156. The first kappa shape index (κ1) is 16.1. The topological polar surface area (TPSA) is 90.9 Å². The molecule has 7 heteroatoms. The molecule has 1 fully saturated rings. The van der Waals surface area contributed by atoms with Crippen molar-refractivity contribution in [1.82, 2.24) is 20.5 Å². The summed E-state index contributed by atoms with van der Waals surface area (Å²) in [5, 5.41) is 20.4. The highest BCUT2D eigenvalue weighted by Crippen LogP contribution is 2.38. The maximum absolute atomic E-state index is 12.6. The molecule has 3 aromatic rings. The van der Waals surface area contributed by atoms with Crippen molar-refractivity contribution in [2.75, 3.05) is 0 Å². The van der Waals surface area contributed by atoms with Gasteiger partial charge in [0.1, 0.15) is 5.69 Å². The number of halogens is 1. The Morgan fingerprint density at radius 2 is 2.12 bits per heavy atom. The second-order valence-electron chi connectivity index (χ2n) is 6.39. The van der Waals surface area contributed by atoms with Gasteiger partial charge in [-0.1, -0.05) is 29.8 Å². The average Bonchev–Trinajstić information content (AvgIpc) is 3.03. The zero-order valence-electron chi connectivity index (χ0n) is 13.3. The number of carbonyl (C=O) groups excluding carboxylic acids is 1. The lowest BCUT2D eigenvalue weighted by Crippen LogP contribution is -2.41. The van der Waals surface area contributed by atoms with Gasteiger partial charge in [0.15, 0.2) is 0 Å². The number of aliphatic hydroxyl groups is 1. The van der Waals surface area contributed by atoms with E-state index < -0.39 is 0 Å². The van der Waals surface area contributed by atoms with Gasteiger partial charge >= 0.3 is 0 Å². The van der Waals surface area contributed by atoms with E-state index in [0.717, 1.165) is 16.5 Å². The molecule has 2 heterocycles. The number of amides is 1. The number of para-hydroxylation sites is 1. The number of nitrogens with one attached hydrogen (secondary N) is 2. The van der Waals surface area contributed by atoms with Crippen molar-refractivity contribution in [3.8, 4) is 0 Å². The molecule has 1 amide bonds. The highest BCUT2D eigenvalue weighted by atomic mass is 35.5. The lowest BCUT2D eigenvalue weighted by molar-refractivity contribution is 0.0234. The Hall–Kier alpha value is -2.44. The van der Waals surface area contributed by atoms with Gasteiger partial charge in [-0.15, -0.1) is 0 Å². The molecular formula is C18H17ClN4O2. The third kappa shape index (κ3) is 3.10. The van der Waals surface area contributed by atoms with E-state index in [1.54, 1.807) is 6.20 Å². The van der Waals surface area contributed by atoms with Crippen LogP contribution in [-0.2, 0) is 0 Å². The molecule has 1 saturated carbocycles. The molecule has 128 valence electrons. The molecule has 1 aromatic carbocycles. The summed E-state index contributed by atoms with van der Waals surface area (Å²) in [7, 11) is 0. The van der Waals surface area contributed by atoms with Gasteiger partial charge in [0.2, 0.25) is 0 Å². The van der Waals surface area contributed by atoms with E-state index in [-0.39, 0.29) is 34.7 Å². The number of aromatic nitrogens is 3. The SMILES string of the molecule is O=C(NC(c1cnc2ccccc2c1)C1CC(O)C1)c1[nH]ncc1Cl. The van der Waals surface area contributed by atoms with Crippen LogP contribution in [0.3, 0.4) is 0 Å². The molecule has 6 nitrogen and oxygen atoms in total. The number of benzene rings is 1. The molecule has 3 N–H and O–H groups in total. The van der Waals surface area contributed by atoms with Crippen LogP contribution in [0.1, 0.15) is 34.9 Å². The second-order valence-corrected chi connectivity index (χ2v) is 6.80. The van der Waals surface area contributed by atoms with Gasteiger partial charge in [0.25, 0.3) is 5.91 Å². The first-order chi connectivity index (χ1) is 12.1. The van der Waals surface area contributed by atoms with E-state index >= 15 is 0 Å². The molecule has 0 saturated heterocycles. The summed E-state index contributed by atoms with van der Waals surface area (Å²) in [5.41, 5.74) is 2.06. The second kappa shape index (κ2) is 6.46. The lowest BCUT2D eigenvalue weighted by Gasteiger charge is -2.38. The molecular weight excluding hydrogens is 340 g/mol. The fourth-order valence-corrected chi connectivity index (χ4v) is 3.45. The molecule has 4 rings (SSSR count). The van der Waals surface area contributed by atoms with Crippen LogP contribution >= 0.6 is 11.6 Å². The Kier molecular flexibility index (Phi) is 4.15. The summed E-state index contributed by atoms with van der Waals surface area (Å²) in [5.74, 6) is -0.161. The van der Waals surface area contributed by atoms with Crippen LogP contribution in [0.2, 0.25) is 5.02 Å². The number of pyridine rings is 1. The smallest absolute Gasteiger partial charge is 0.271 e. The van der Waals surface area contributed by atoms with E-state index in [9.17, 15) is 9.90 Å². The minimum Gasteiger partial charge on any atom is -0.393 e. The molecule has 1 aliphatic rings. The van der Waals surface area contributed by atoms with Crippen LogP contribution in [0.4, 0.5) is 0 Å². The van der Waals surface area contributed by atoms with Crippen molar-refractivity contribution in [1.29, 1.82) is 0 Å². The average molecular weight is 357 g/mol. The summed E-state index contributed by atoms with van der Waals surface area (Å²) in [4.78, 5) is 17.0. The van der Waals surface area contributed by atoms with Crippen LogP contribution in [0.15, 0.2) is 42.7 Å². The van der Waals surface area contributed by atoms with Crippen molar-refractivity contribution in [3.63, 3.8) is 0 Å². The highest BCUT2D eigenvalue weighted by molar-refractivity contribution is 6.33. The fourth-order valence-electron chi connectivity index (χ4n) is 3.28. The minimum atomic E-state index is -0.318. The molecule has 0 radical (unpaired) electrons. The molecule has 0 aliphatic heterocycles. The number of nitrogens with zero attached hydrogens (tertiary/aromatic N) is 2. The maximum atomic E-state index is 12.6. The molecule has 0 bridgehead atoms. The summed E-state index contributed by atoms with van der Waals surface area (Å²) in [6.45, 7) is 0. The first-order valence-electron chi connectivity index (χ1n) is 8.14. The van der Waals surface area contributed by atoms with Crippen LogP contribution in [0.25, 0.3) is 10.9 Å². The van der Waals surface area contributed by atoms with Crippen LogP contribution in [0, 0.1) is 5.92 Å². The third-order valence-corrected chi connectivity index (χ3v) is 4.99. The van der Waals surface area contributed by atoms with E-state index in [4.69, 9.17) is 11.6 Å². The Bertz CT molecular complexity index is 920. The molecule has 1 unspecified atom stereocenters. The summed E-state index contributed by atoms with van der Waals surface area (Å²) >= 11 is 5.99. The number of carbonyl (C=O) groups is 1. The van der Waals surface area contributed by atoms with Gasteiger partial charge in [-0.05, 0) is 36.5 Å². The monoisotopic (exact) mass is 356 g/mol. The van der Waals surface area contributed by atoms with Crippen molar-refractivity contribution in [2.24, 2.45) is 5.92 Å². The van der Waals surface area contributed by atoms with Crippen LogP contribution < -0.4 is 5.32 Å². The summed E-state index contributed by atoms with van der Waals surface area (Å²) in [6, 6.07) is 9.63. The van der Waals surface area contributed by atoms with Crippen LogP contribution in [0.5, 0.6) is 0 Å². The van der Waals surface area contributed by atoms with E-state index in [1.807, 2.05) is 30.3 Å². The van der Waals surface area contributed by atoms with Gasteiger partial charge < -0.3 is 10.4 Å². The maximum Gasteiger partial charge on any atom is 0.271 e. The Morgan fingerprint density at radius 1 is 1.32 bits per heavy atom. The van der Waals surface area contributed by atoms with Crippen LogP contribution in [-0.4, -0.2) is 32.3 Å². The summed E-state index contributed by atoms with van der Waals surface area (Å²) < 4.78 is 0. The van der Waals surface area contributed by atoms with Gasteiger partial charge in [-0.2, -0.15) is 5.10 Å². The third-order valence-electron chi connectivity index (χ3n) is 4.70. The van der Waals surface area contributed by atoms with E-state index in [0.29, 0.717) is 12.8 Å². The Balaban J connectivity index is 1.65. The number of aromatic amines is 1. The predicted octanol–water partition coefficient (Wildman–Crippen LogP) is 2.85. The molecule has 1 atom stereocenters. The number of rotatable bonds is 4. The molecule has 0 spiro atoms. The normalized spacial score (nSPS) is 20.9. The summed E-state index contributed by atoms with van der Waals surface area (Å²) in [6.07, 6.45) is 4.17. The van der Waals surface area contributed by atoms with Gasteiger partial charge in [-0.3, -0.25) is 14.9 Å². The molecule has 1 aliphatic carbocycles. The number of H-pyrrole nitrogens is 1. The predicted molar refractivity (Wildman–Crippen MR) is 94.3 cm³/mol. The fraction of sp³-hybridized carbons (Fsp3) is 0.278. The Labute approximate surface area is 149 Å².